The average Bonchev–Trinajstić information content (AvgIpc) is 2.91. The Kier molecular flexibility index (Phi) is 6.90. The number of unbranched alkanes of at least 4 members (excludes halogenated alkanes) is 5. The van der Waals surface area contributed by atoms with E-state index in [1.807, 2.05) is 4.57 Å². The molecule has 0 fully saturated rings. The van der Waals surface area contributed by atoms with Gasteiger partial charge in [0.15, 0.2) is 16.3 Å². The number of hydrogen-bond acceptors (Lipinski definition) is 4. The number of rotatable bonds is 10. The second-order valence-corrected chi connectivity index (χ2v) is 6.96. The predicted octanol–water partition coefficient (Wildman–Crippen LogP) is 3.06. The van der Waals surface area contributed by atoms with Crippen LogP contribution in [0.4, 0.5) is 0 Å². The summed E-state index contributed by atoms with van der Waals surface area (Å²) in [4.78, 5) is 30.8. The zero-order chi connectivity index (χ0) is 17.5. The van der Waals surface area contributed by atoms with Gasteiger partial charge in [0.1, 0.15) is 0 Å². The molecule has 0 aliphatic carbocycles. The monoisotopic (exact) mass is 350 g/mol. The minimum absolute atomic E-state index is 0.395. The third kappa shape index (κ3) is 4.20. The van der Waals surface area contributed by atoms with Gasteiger partial charge in [-0.25, -0.2) is 9.78 Å². The topological polar surface area (TPSA) is 72.7 Å². The maximum Gasteiger partial charge on any atom is 0.329 e. The van der Waals surface area contributed by atoms with Gasteiger partial charge in [-0.2, -0.15) is 0 Å². The van der Waals surface area contributed by atoms with E-state index in [1.165, 1.54) is 36.7 Å². The lowest BCUT2D eigenvalue weighted by molar-refractivity contribution is 0.626. The van der Waals surface area contributed by atoms with Crippen LogP contribution in [0.3, 0.4) is 0 Å². The first-order chi connectivity index (χ1) is 11.6. The molecule has 6 nitrogen and oxygen atoms in total. The van der Waals surface area contributed by atoms with Crippen molar-refractivity contribution < 1.29 is 0 Å². The standard InChI is InChI=1S/C17H26N4O2S/c1-4-6-7-8-9-10-12-24-17-18-14-13(21(17)11-5-2)15(22)19-16(23)20(14)3/h5H,2,4,6-12H2,1,3H3,(H,19,22,23). The Morgan fingerprint density at radius 1 is 1.21 bits per heavy atom. The van der Waals surface area contributed by atoms with E-state index in [1.54, 1.807) is 24.9 Å². The Hall–Kier alpha value is -1.76. The van der Waals surface area contributed by atoms with Crippen LogP contribution < -0.4 is 11.2 Å². The zero-order valence-corrected chi connectivity index (χ0v) is 15.3. The normalized spacial score (nSPS) is 11.2. The first-order valence-corrected chi connectivity index (χ1v) is 9.52. The summed E-state index contributed by atoms with van der Waals surface area (Å²) >= 11 is 1.64. The van der Waals surface area contributed by atoms with Crippen molar-refractivity contribution in [3.63, 3.8) is 0 Å². The SMILES string of the molecule is C=CCn1c(SCCCCCCCC)nc2c1c(=O)[nH]c(=O)n2C. The zero-order valence-electron chi connectivity index (χ0n) is 14.5. The average molecular weight is 350 g/mol. The van der Waals surface area contributed by atoms with E-state index in [4.69, 9.17) is 0 Å². The van der Waals surface area contributed by atoms with Crippen LogP contribution in [-0.4, -0.2) is 24.9 Å². The molecule has 132 valence electrons. The quantitative estimate of drug-likeness (QED) is 0.406. The van der Waals surface area contributed by atoms with E-state index >= 15 is 0 Å². The van der Waals surface area contributed by atoms with Crippen molar-refractivity contribution >= 4 is 22.9 Å². The molecule has 0 aliphatic heterocycles. The summed E-state index contributed by atoms with van der Waals surface area (Å²) in [7, 11) is 1.62. The second-order valence-electron chi connectivity index (χ2n) is 5.90. The fourth-order valence-corrected chi connectivity index (χ4v) is 3.67. The molecule has 0 bridgehead atoms. The highest BCUT2D eigenvalue weighted by Crippen LogP contribution is 2.23. The van der Waals surface area contributed by atoms with Gasteiger partial charge < -0.3 is 4.57 Å². The van der Waals surface area contributed by atoms with E-state index in [-0.39, 0.29) is 0 Å². The molecule has 2 rings (SSSR count). The van der Waals surface area contributed by atoms with Crippen LogP contribution in [-0.2, 0) is 13.6 Å². The summed E-state index contributed by atoms with van der Waals surface area (Å²) in [6, 6.07) is 0. The van der Waals surface area contributed by atoms with Gasteiger partial charge in [-0.05, 0) is 6.42 Å². The molecule has 24 heavy (non-hydrogen) atoms. The van der Waals surface area contributed by atoms with E-state index in [2.05, 4.69) is 23.5 Å². The third-order valence-corrected chi connectivity index (χ3v) is 5.08. The number of allylic oxidation sites excluding steroid dienone is 1. The van der Waals surface area contributed by atoms with Crippen molar-refractivity contribution in [2.24, 2.45) is 7.05 Å². The van der Waals surface area contributed by atoms with Crippen molar-refractivity contribution in [2.45, 2.75) is 57.1 Å². The lowest BCUT2D eigenvalue weighted by Gasteiger charge is -2.05. The fourth-order valence-electron chi connectivity index (χ4n) is 2.67. The van der Waals surface area contributed by atoms with Crippen LogP contribution in [0.25, 0.3) is 11.2 Å². The molecule has 0 spiro atoms. The molecule has 0 saturated heterocycles. The van der Waals surface area contributed by atoms with Gasteiger partial charge in [-0.15, -0.1) is 6.58 Å². The number of nitrogens with one attached hydrogen (secondary N) is 1. The van der Waals surface area contributed by atoms with Crippen molar-refractivity contribution in [1.29, 1.82) is 0 Å². The van der Waals surface area contributed by atoms with E-state index < -0.39 is 11.2 Å². The van der Waals surface area contributed by atoms with Crippen molar-refractivity contribution in [1.82, 2.24) is 19.1 Å². The van der Waals surface area contributed by atoms with Gasteiger partial charge in [0, 0.05) is 19.3 Å². The smallest absolute Gasteiger partial charge is 0.309 e. The summed E-state index contributed by atoms with van der Waals surface area (Å²) in [5, 5.41) is 0.769. The number of fused-ring (bicyclic) bond motifs is 1. The lowest BCUT2D eigenvalue weighted by atomic mass is 10.1. The van der Waals surface area contributed by atoms with E-state index in [0.717, 1.165) is 17.3 Å². The van der Waals surface area contributed by atoms with Gasteiger partial charge in [-0.1, -0.05) is 56.9 Å². The Balaban J connectivity index is 2.15. The van der Waals surface area contributed by atoms with Crippen molar-refractivity contribution in [3.05, 3.63) is 33.5 Å². The van der Waals surface area contributed by atoms with E-state index in [9.17, 15) is 9.59 Å². The van der Waals surface area contributed by atoms with Crippen LogP contribution in [0.1, 0.15) is 45.4 Å². The van der Waals surface area contributed by atoms with Gasteiger partial charge in [0.25, 0.3) is 5.56 Å². The Morgan fingerprint density at radius 3 is 2.62 bits per heavy atom. The summed E-state index contributed by atoms with van der Waals surface area (Å²) in [6.07, 6.45) is 9.21. The van der Waals surface area contributed by atoms with Gasteiger partial charge in [0.05, 0.1) is 0 Å². The molecule has 0 aromatic carbocycles. The highest BCUT2D eigenvalue weighted by molar-refractivity contribution is 7.99. The number of nitrogens with zero attached hydrogens (tertiary/aromatic N) is 3. The highest BCUT2D eigenvalue weighted by Gasteiger charge is 2.16. The largest absolute Gasteiger partial charge is 0.329 e. The third-order valence-electron chi connectivity index (χ3n) is 4.01. The first-order valence-electron chi connectivity index (χ1n) is 8.53. The molecule has 0 atom stereocenters. The van der Waals surface area contributed by atoms with E-state index in [0.29, 0.717) is 17.7 Å². The molecule has 2 aromatic rings. The number of thioether (sulfide) groups is 1. The molecular weight excluding hydrogens is 324 g/mol. The summed E-state index contributed by atoms with van der Waals surface area (Å²) in [5.41, 5.74) is 0.0237. The highest BCUT2D eigenvalue weighted by atomic mass is 32.2. The molecule has 0 radical (unpaired) electrons. The van der Waals surface area contributed by atoms with Gasteiger partial charge in [-0.3, -0.25) is 14.3 Å². The summed E-state index contributed by atoms with van der Waals surface area (Å²) in [5.74, 6) is 0.957. The summed E-state index contributed by atoms with van der Waals surface area (Å²) < 4.78 is 3.22. The molecule has 0 aliphatic rings. The Labute approximate surface area is 146 Å². The predicted molar refractivity (Wildman–Crippen MR) is 99.9 cm³/mol. The number of hydrogen-bond donors (Lipinski definition) is 1. The molecule has 2 heterocycles. The van der Waals surface area contributed by atoms with Crippen LogP contribution in [0, 0.1) is 0 Å². The van der Waals surface area contributed by atoms with Crippen LogP contribution in [0.5, 0.6) is 0 Å². The molecule has 0 amide bonds. The minimum atomic E-state index is -0.441. The minimum Gasteiger partial charge on any atom is -0.309 e. The molecule has 2 aromatic heterocycles. The maximum atomic E-state index is 12.2. The lowest BCUT2D eigenvalue weighted by Crippen LogP contribution is -2.29. The van der Waals surface area contributed by atoms with Crippen molar-refractivity contribution in [2.75, 3.05) is 5.75 Å². The fraction of sp³-hybridized carbons (Fsp3) is 0.588. The van der Waals surface area contributed by atoms with Crippen LogP contribution in [0.15, 0.2) is 27.4 Å². The molecule has 7 heteroatoms. The maximum absolute atomic E-state index is 12.2. The first kappa shape index (κ1) is 18.6. The van der Waals surface area contributed by atoms with Crippen molar-refractivity contribution in [3.8, 4) is 0 Å². The number of imidazole rings is 1. The summed E-state index contributed by atoms with van der Waals surface area (Å²) in [6.45, 7) is 6.47. The molecule has 0 unspecified atom stereocenters. The van der Waals surface area contributed by atoms with Crippen LogP contribution in [0.2, 0.25) is 0 Å². The van der Waals surface area contributed by atoms with Gasteiger partial charge in [0.2, 0.25) is 0 Å². The van der Waals surface area contributed by atoms with Gasteiger partial charge >= 0.3 is 5.69 Å². The molecular formula is C17H26N4O2S. The number of aryl methyl sites for hydroxylation is 1. The number of H-pyrrole nitrogens is 1. The Morgan fingerprint density at radius 2 is 1.92 bits per heavy atom. The number of aromatic amines is 1. The second kappa shape index (κ2) is 8.92. The molecule has 1 N–H and O–H groups in total. The van der Waals surface area contributed by atoms with Crippen LogP contribution >= 0.6 is 11.8 Å². The molecule has 0 saturated carbocycles. The Bertz CT molecular complexity index is 803. The number of aromatic nitrogens is 4.